The van der Waals surface area contributed by atoms with Crippen LogP contribution in [0.4, 0.5) is 13.2 Å². The molecule has 0 spiro atoms. The summed E-state index contributed by atoms with van der Waals surface area (Å²) in [6.45, 7) is 1.34. The lowest BCUT2D eigenvalue weighted by molar-refractivity contribution is -0.137. The van der Waals surface area contributed by atoms with E-state index in [-0.39, 0.29) is 12.5 Å². The van der Waals surface area contributed by atoms with Gasteiger partial charge in [0, 0.05) is 50.1 Å². The van der Waals surface area contributed by atoms with Crippen LogP contribution in [-0.2, 0) is 16.2 Å². The molecular weight excluding hydrogens is 419 g/mol. The third-order valence-corrected chi connectivity index (χ3v) is 7.75. The van der Waals surface area contributed by atoms with Gasteiger partial charge >= 0.3 is 6.18 Å². The van der Waals surface area contributed by atoms with E-state index in [2.05, 4.69) is 20.8 Å². The summed E-state index contributed by atoms with van der Waals surface area (Å²) in [5, 5.41) is -0.541. The molecule has 2 saturated heterocycles. The number of hydrazine groups is 1. The Morgan fingerprint density at radius 3 is 2.57 bits per heavy atom. The summed E-state index contributed by atoms with van der Waals surface area (Å²) >= 11 is 0. The van der Waals surface area contributed by atoms with Crippen molar-refractivity contribution in [3.05, 3.63) is 47.9 Å². The Morgan fingerprint density at radius 1 is 1.10 bits per heavy atom. The molecule has 4 rings (SSSR count). The van der Waals surface area contributed by atoms with E-state index >= 15 is 0 Å². The molecule has 0 saturated carbocycles. The van der Waals surface area contributed by atoms with E-state index < -0.39 is 27.0 Å². The van der Waals surface area contributed by atoms with E-state index in [1.807, 2.05) is 0 Å². The van der Waals surface area contributed by atoms with Gasteiger partial charge in [0.25, 0.3) is 0 Å². The third-order valence-electron chi connectivity index (χ3n) is 5.53. The Hall–Kier alpha value is -2.08. The van der Waals surface area contributed by atoms with Crippen molar-refractivity contribution in [2.24, 2.45) is 0 Å². The molecule has 30 heavy (non-hydrogen) atoms. The van der Waals surface area contributed by atoms with Crippen LogP contribution in [0.5, 0.6) is 0 Å². The molecule has 3 heterocycles. The lowest BCUT2D eigenvalue weighted by Gasteiger charge is -2.33. The average Bonchev–Trinajstić information content (AvgIpc) is 3.29. The van der Waals surface area contributed by atoms with Gasteiger partial charge in [0.2, 0.25) is 10.0 Å². The summed E-state index contributed by atoms with van der Waals surface area (Å²) in [6.07, 6.45) is -0.192. The van der Waals surface area contributed by atoms with Crippen molar-refractivity contribution in [1.29, 1.82) is 0 Å². The zero-order valence-corrected chi connectivity index (χ0v) is 16.9. The van der Waals surface area contributed by atoms with Gasteiger partial charge in [-0.3, -0.25) is 20.8 Å². The first-order chi connectivity index (χ1) is 14.3. The first-order valence-corrected chi connectivity index (χ1v) is 11.2. The highest BCUT2D eigenvalue weighted by atomic mass is 32.2. The van der Waals surface area contributed by atoms with E-state index in [1.165, 1.54) is 22.8 Å². The van der Waals surface area contributed by atoms with Crippen molar-refractivity contribution in [3.8, 4) is 11.3 Å². The normalized spacial score (nSPS) is 21.8. The van der Waals surface area contributed by atoms with Crippen LogP contribution in [-0.4, -0.2) is 54.1 Å². The van der Waals surface area contributed by atoms with Gasteiger partial charge in [-0.2, -0.15) is 13.2 Å². The predicted octanol–water partition coefficient (Wildman–Crippen LogP) is 2.15. The Bertz CT molecular complexity index is 1010. The lowest BCUT2D eigenvalue weighted by atomic mass is 9.92. The maximum atomic E-state index is 13.1. The topological polar surface area (TPSA) is 87.2 Å². The molecule has 1 atom stereocenters. The van der Waals surface area contributed by atoms with Gasteiger partial charge in [-0.05, 0) is 25.0 Å². The van der Waals surface area contributed by atoms with Crippen LogP contribution in [0.1, 0.15) is 30.0 Å². The molecule has 2 N–H and O–H groups in total. The van der Waals surface area contributed by atoms with Crippen molar-refractivity contribution in [1.82, 2.24) is 25.1 Å². The second-order valence-corrected chi connectivity index (χ2v) is 9.71. The number of benzene rings is 1. The first kappa shape index (κ1) is 21.2. The molecule has 0 bridgehead atoms. The lowest BCUT2D eigenvalue weighted by Crippen LogP contribution is -2.45. The Balaban J connectivity index is 1.64. The zero-order valence-electron chi connectivity index (χ0n) is 16.1. The number of alkyl halides is 3. The quantitative estimate of drug-likeness (QED) is 0.756. The summed E-state index contributed by atoms with van der Waals surface area (Å²) in [5.41, 5.74) is 6.12. The molecule has 7 nitrogen and oxygen atoms in total. The summed E-state index contributed by atoms with van der Waals surface area (Å²) in [7, 11) is -3.49. The van der Waals surface area contributed by atoms with E-state index in [9.17, 15) is 21.6 Å². The highest BCUT2D eigenvalue weighted by Gasteiger charge is 2.38. The molecule has 2 aromatic rings. The van der Waals surface area contributed by atoms with Crippen molar-refractivity contribution >= 4 is 10.0 Å². The number of sulfonamides is 1. The fraction of sp³-hybridized carbons (Fsp3) is 0.474. The molecule has 1 aromatic carbocycles. The number of aromatic nitrogens is 2. The third kappa shape index (κ3) is 4.20. The van der Waals surface area contributed by atoms with Crippen molar-refractivity contribution < 1.29 is 21.6 Å². The molecule has 0 radical (unpaired) electrons. The Kier molecular flexibility index (Phi) is 5.80. The number of rotatable bonds is 4. The first-order valence-electron chi connectivity index (χ1n) is 9.70. The smallest absolute Gasteiger partial charge is 0.257 e. The minimum atomic E-state index is -4.46. The summed E-state index contributed by atoms with van der Waals surface area (Å²) in [5.74, 6) is -0.242. The highest BCUT2D eigenvalue weighted by molar-refractivity contribution is 7.89. The molecule has 0 amide bonds. The molecule has 2 aliphatic heterocycles. The molecule has 162 valence electrons. The minimum absolute atomic E-state index is 0.240. The number of nitrogens with one attached hydrogen (secondary N) is 2. The number of piperidine rings is 1. The number of hydrogen-bond donors (Lipinski definition) is 2. The van der Waals surface area contributed by atoms with Crippen molar-refractivity contribution in [2.75, 3.05) is 26.2 Å². The van der Waals surface area contributed by atoms with Crippen molar-refractivity contribution in [2.45, 2.75) is 30.2 Å². The van der Waals surface area contributed by atoms with Gasteiger partial charge in [-0.1, -0.05) is 12.1 Å². The molecule has 2 aliphatic rings. The highest BCUT2D eigenvalue weighted by Crippen LogP contribution is 2.36. The summed E-state index contributed by atoms with van der Waals surface area (Å²) in [6, 6.07) is 4.98. The van der Waals surface area contributed by atoms with Crippen molar-refractivity contribution in [3.63, 3.8) is 0 Å². The summed E-state index contributed by atoms with van der Waals surface area (Å²) in [4.78, 5) is 8.69. The zero-order chi connectivity index (χ0) is 21.4. The van der Waals surface area contributed by atoms with Crippen LogP contribution in [0.3, 0.4) is 0 Å². The number of nitrogens with zero attached hydrogens (tertiary/aromatic N) is 3. The second kappa shape index (κ2) is 8.22. The molecular formula is C19H22F3N5O2S. The Morgan fingerprint density at radius 2 is 1.83 bits per heavy atom. The fourth-order valence-corrected chi connectivity index (χ4v) is 5.76. The van der Waals surface area contributed by atoms with E-state index in [0.717, 1.165) is 12.1 Å². The maximum Gasteiger partial charge on any atom is 0.416 e. The van der Waals surface area contributed by atoms with Gasteiger partial charge in [-0.25, -0.2) is 12.7 Å². The van der Waals surface area contributed by atoms with E-state index in [1.54, 1.807) is 6.07 Å². The minimum Gasteiger partial charge on any atom is -0.257 e. The van der Waals surface area contributed by atoms with Crippen LogP contribution < -0.4 is 10.9 Å². The van der Waals surface area contributed by atoms with Gasteiger partial charge in [0.15, 0.2) is 0 Å². The largest absolute Gasteiger partial charge is 0.416 e. The molecule has 1 aromatic heterocycles. The fourth-order valence-electron chi connectivity index (χ4n) is 3.98. The molecule has 11 heteroatoms. The second-order valence-electron chi connectivity index (χ2n) is 7.49. The van der Waals surface area contributed by atoms with Crippen LogP contribution >= 0.6 is 0 Å². The van der Waals surface area contributed by atoms with Crippen LogP contribution in [0, 0.1) is 0 Å². The standard InChI is InChI=1S/C19H22F3N5O2S/c20-19(21,22)15-5-1-3-13(9-15)17-18(24-7-6-23-17)14-4-2-8-27(12-14)30(28,29)16-10-25-26-11-16/h1,3,5-7,9,14,16,25-26H,2,4,8,10-12H2. The molecule has 1 unspecified atom stereocenters. The average molecular weight is 441 g/mol. The van der Waals surface area contributed by atoms with Gasteiger partial charge < -0.3 is 0 Å². The van der Waals surface area contributed by atoms with Gasteiger partial charge in [0.1, 0.15) is 5.25 Å². The maximum absolute atomic E-state index is 13.1. The van der Waals surface area contributed by atoms with Crippen LogP contribution in [0.25, 0.3) is 11.3 Å². The Labute approximate surface area is 172 Å². The molecule has 2 fully saturated rings. The van der Waals surface area contributed by atoms with E-state index in [4.69, 9.17) is 0 Å². The molecule has 0 aliphatic carbocycles. The summed E-state index contributed by atoms with van der Waals surface area (Å²) < 4.78 is 66.8. The van der Waals surface area contributed by atoms with Crippen LogP contribution in [0.2, 0.25) is 0 Å². The van der Waals surface area contributed by atoms with E-state index in [0.29, 0.717) is 49.4 Å². The SMILES string of the molecule is O=S(=O)(C1CNNC1)N1CCCC(c2nccnc2-c2cccc(C(F)(F)F)c2)C1. The monoisotopic (exact) mass is 441 g/mol. The van der Waals surface area contributed by atoms with Gasteiger partial charge in [0.05, 0.1) is 17.0 Å². The van der Waals surface area contributed by atoms with Crippen LogP contribution in [0.15, 0.2) is 36.7 Å². The van der Waals surface area contributed by atoms with Gasteiger partial charge in [-0.15, -0.1) is 0 Å². The number of hydrogen-bond acceptors (Lipinski definition) is 6. The predicted molar refractivity (Wildman–Crippen MR) is 105 cm³/mol. The number of halogens is 3.